The van der Waals surface area contributed by atoms with Gasteiger partial charge in [0.05, 0.1) is 12.6 Å². The topological polar surface area (TPSA) is 38.0 Å². The summed E-state index contributed by atoms with van der Waals surface area (Å²) in [6.45, 7) is 12.8. The molecule has 0 aliphatic carbocycles. The van der Waals surface area contributed by atoms with Crippen LogP contribution >= 0.6 is 0 Å². The summed E-state index contributed by atoms with van der Waals surface area (Å²) in [5.41, 5.74) is 0. The second-order valence-corrected chi connectivity index (χ2v) is 3.51. The van der Waals surface area contributed by atoms with Crippen LogP contribution in [0.15, 0.2) is 18.5 Å². The Kier molecular flexibility index (Phi) is 13.4. The van der Waals surface area contributed by atoms with Crippen molar-refractivity contribution in [2.24, 2.45) is 5.92 Å². The molecule has 1 unspecified atom stereocenters. The van der Waals surface area contributed by atoms with E-state index in [0.717, 1.165) is 6.42 Å². The predicted molar refractivity (Wildman–Crippen MR) is 70.4 cm³/mol. The number of aliphatic hydroxyl groups excluding tert-OH is 1. The first-order valence-electron chi connectivity index (χ1n) is 6.34. The maximum absolute atomic E-state index is 9.53. The molecule has 0 aliphatic rings. The van der Waals surface area contributed by atoms with E-state index < -0.39 is 0 Å². The molecule has 0 saturated heterocycles. The molecule has 3 heteroatoms. The highest BCUT2D eigenvalue weighted by Gasteiger charge is 2.06. The van der Waals surface area contributed by atoms with Gasteiger partial charge in [0.1, 0.15) is 0 Å². The molecule has 0 aliphatic heterocycles. The lowest BCUT2D eigenvalue weighted by molar-refractivity contribution is 0.125. The fourth-order valence-electron chi connectivity index (χ4n) is 1.24. The zero-order valence-electron chi connectivity index (χ0n) is 11.6. The predicted octanol–water partition coefficient (Wildman–Crippen LogP) is 3.34. The van der Waals surface area contributed by atoms with Crippen LogP contribution in [0.5, 0.6) is 0 Å². The van der Waals surface area contributed by atoms with Gasteiger partial charge in [-0.05, 0) is 18.4 Å². The summed E-state index contributed by atoms with van der Waals surface area (Å²) in [6, 6.07) is 1.86. The lowest BCUT2D eigenvalue weighted by Crippen LogP contribution is -2.18. The molecular formula is C13H28N2O. The lowest BCUT2D eigenvalue weighted by atomic mass is 10.1. The second kappa shape index (κ2) is 12.2. The number of rotatable bonds is 4. The van der Waals surface area contributed by atoms with Crippen LogP contribution in [-0.4, -0.2) is 21.0 Å². The molecule has 1 aromatic heterocycles. The Morgan fingerprint density at radius 3 is 2.12 bits per heavy atom. The van der Waals surface area contributed by atoms with E-state index in [9.17, 15) is 5.11 Å². The average Bonchev–Trinajstić information content (AvgIpc) is 2.75. The molecule has 16 heavy (non-hydrogen) atoms. The third kappa shape index (κ3) is 9.71. The Labute approximate surface area is 100 Å². The summed E-state index contributed by atoms with van der Waals surface area (Å²) in [4.78, 5) is 0. The monoisotopic (exact) mass is 228 g/mol. The van der Waals surface area contributed by atoms with E-state index in [-0.39, 0.29) is 6.10 Å². The molecule has 0 saturated carbocycles. The standard InChI is InChI=1S/C9H16N2O.2C2H6/c1-8(2)6-9(12)7-11-5-3-4-10-11;2*1-2/h3-5,8-9,12H,6-7H2,1-2H3;2*1-2H3. The van der Waals surface area contributed by atoms with Crippen molar-refractivity contribution in [3.8, 4) is 0 Å². The molecule has 96 valence electrons. The molecule has 0 fully saturated rings. The Morgan fingerprint density at radius 2 is 1.75 bits per heavy atom. The van der Waals surface area contributed by atoms with E-state index in [4.69, 9.17) is 0 Å². The maximum atomic E-state index is 9.53. The minimum atomic E-state index is -0.273. The first kappa shape index (κ1) is 17.6. The summed E-state index contributed by atoms with van der Waals surface area (Å²) >= 11 is 0. The number of hydrogen-bond donors (Lipinski definition) is 1. The van der Waals surface area contributed by atoms with E-state index in [2.05, 4.69) is 18.9 Å². The van der Waals surface area contributed by atoms with Gasteiger partial charge < -0.3 is 5.11 Å². The highest BCUT2D eigenvalue weighted by Crippen LogP contribution is 2.05. The Balaban J connectivity index is 0. The van der Waals surface area contributed by atoms with Crippen molar-refractivity contribution in [2.75, 3.05) is 0 Å². The average molecular weight is 228 g/mol. The smallest absolute Gasteiger partial charge is 0.0738 e. The van der Waals surface area contributed by atoms with Crippen molar-refractivity contribution >= 4 is 0 Å². The van der Waals surface area contributed by atoms with Crippen LogP contribution in [0.25, 0.3) is 0 Å². The van der Waals surface area contributed by atoms with Gasteiger partial charge in [0, 0.05) is 12.4 Å². The fraction of sp³-hybridized carbons (Fsp3) is 0.769. The van der Waals surface area contributed by atoms with Crippen molar-refractivity contribution in [1.82, 2.24) is 9.78 Å². The van der Waals surface area contributed by atoms with E-state index >= 15 is 0 Å². The Hall–Kier alpha value is -0.830. The third-order valence-corrected chi connectivity index (χ3v) is 1.70. The van der Waals surface area contributed by atoms with E-state index in [1.807, 2.05) is 40.0 Å². The van der Waals surface area contributed by atoms with Gasteiger partial charge in [0.2, 0.25) is 0 Å². The van der Waals surface area contributed by atoms with Crippen LogP contribution in [0, 0.1) is 5.92 Å². The van der Waals surface area contributed by atoms with Crippen LogP contribution in [-0.2, 0) is 6.54 Å². The summed E-state index contributed by atoms with van der Waals surface area (Å²) < 4.78 is 1.76. The molecule has 3 nitrogen and oxygen atoms in total. The van der Waals surface area contributed by atoms with Gasteiger partial charge in [-0.15, -0.1) is 0 Å². The van der Waals surface area contributed by atoms with Gasteiger partial charge in [-0.2, -0.15) is 5.10 Å². The van der Waals surface area contributed by atoms with Gasteiger partial charge in [0.25, 0.3) is 0 Å². The van der Waals surface area contributed by atoms with Gasteiger partial charge in [-0.1, -0.05) is 41.5 Å². The Morgan fingerprint density at radius 1 is 1.19 bits per heavy atom. The van der Waals surface area contributed by atoms with Crippen molar-refractivity contribution in [3.05, 3.63) is 18.5 Å². The van der Waals surface area contributed by atoms with Gasteiger partial charge >= 0.3 is 0 Å². The lowest BCUT2D eigenvalue weighted by Gasteiger charge is -2.12. The quantitative estimate of drug-likeness (QED) is 0.858. The highest BCUT2D eigenvalue weighted by atomic mass is 16.3. The largest absolute Gasteiger partial charge is 0.391 e. The van der Waals surface area contributed by atoms with Crippen molar-refractivity contribution in [2.45, 2.75) is 60.6 Å². The second-order valence-electron chi connectivity index (χ2n) is 3.51. The minimum absolute atomic E-state index is 0.273. The molecule has 0 amide bonds. The van der Waals surface area contributed by atoms with Gasteiger partial charge in [-0.3, -0.25) is 4.68 Å². The van der Waals surface area contributed by atoms with E-state index in [0.29, 0.717) is 12.5 Å². The van der Waals surface area contributed by atoms with Crippen molar-refractivity contribution in [1.29, 1.82) is 0 Å². The van der Waals surface area contributed by atoms with Gasteiger partial charge in [0.15, 0.2) is 0 Å². The summed E-state index contributed by atoms with van der Waals surface area (Å²) in [6.07, 6.45) is 4.15. The number of nitrogens with zero attached hydrogens (tertiary/aromatic N) is 2. The molecule has 0 bridgehead atoms. The summed E-state index contributed by atoms with van der Waals surface area (Å²) in [5, 5.41) is 13.6. The molecule has 1 heterocycles. The SMILES string of the molecule is CC.CC.CC(C)CC(O)Cn1cccn1. The Bertz CT molecular complexity index is 208. The minimum Gasteiger partial charge on any atom is -0.391 e. The van der Waals surface area contributed by atoms with Crippen LogP contribution < -0.4 is 0 Å². The highest BCUT2D eigenvalue weighted by molar-refractivity contribution is 4.78. The molecule has 0 aromatic carbocycles. The fourth-order valence-corrected chi connectivity index (χ4v) is 1.24. The van der Waals surface area contributed by atoms with E-state index in [1.165, 1.54) is 0 Å². The number of hydrogen-bond acceptors (Lipinski definition) is 2. The summed E-state index contributed by atoms with van der Waals surface area (Å²) in [7, 11) is 0. The zero-order valence-corrected chi connectivity index (χ0v) is 11.6. The normalized spacial score (nSPS) is 11.0. The van der Waals surface area contributed by atoms with E-state index in [1.54, 1.807) is 10.9 Å². The molecule has 1 atom stereocenters. The van der Waals surface area contributed by atoms with Crippen LogP contribution in [0.3, 0.4) is 0 Å². The molecular weight excluding hydrogens is 200 g/mol. The van der Waals surface area contributed by atoms with Crippen LogP contribution in [0.2, 0.25) is 0 Å². The molecule has 1 N–H and O–H groups in total. The molecule has 0 radical (unpaired) electrons. The molecule has 1 rings (SSSR count). The summed E-state index contributed by atoms with van der Waals surface area (Å²) in [5.74, 6) is 0.538. The number of aromatic nitrogens is 2. The molecule has 1 aromatic rings. The van der Waals surface area contributed by atoms with Gasteiger partial charge in [-0.25, -0.2) is 0 Å². The first-order valence-corrected chi connectivity index (χ1v) is 6.34. The number of aliphatic hydroxyl groups is 1. The van der Waals surface area contributed by atoms with Crippen molar-refractivity contribution in [3.63, 3.8) is 0 Å². The zero-order chi connectivity index (χ0) is 13.0. The maximum Gasteiger partial charge on any atom is 0.0738 e. The van der Waals surface area contributed by atoms with Crippen molar-refractivity contribution < 1.29 is 5.11 Å². The molecule has 0 spiro atoms. The van der Waals surface area contributed by atoms with Crippen LogP contribution in [0.1, 0.15) is 48.0 Å². The first-order chi connectivity index (χ1) is 7.68. The van der Waals surface area contributed by atoms with Crippen LogP contribution in [0.4, 0.5) is 0 Å². The third-order valence-electron chi connectivity index (χ3n) is 1.70.